The molecule has 70 valence electrons. The molecule has 0 unspecified atom stereocenters. The fraction of sp³-hybridized carbons (Fsp3) is 0.455. The number of hydrogen-bond acceptors (Lipinski definition) is 1. The Morgan fingerprint density at radius 3 is 2.77 bits per heavy atom. The van der Waals surface area contributed by atoms with Gasteiger partial charge < -0.3 is 5.73 Å². The van der Waals surface area contributed by atoms with Crippen molar-refractivity contribution in [3.8, 4) is 0 Å². The molecule has 0 heterocycles. The van der Waals surface area contributed by atoms with E-state index in [0.717, 1.165) is 24.9 Å². The molecule has 0 amide bonds. The minimum atomic E-state index is -0.131. The van der Waals surface area contributed by atoms with E-state index in [-0.39, 0.29) is 5.82 Å². The molecule has 0 bridgehead atoms. The van der Waals surface area contributed by atoms with Crippen molar-refractivity contribution < 1.29 is 4.39 Å². The van der Waals surface area contributed by atoms with Gasteiger partial charge in [0.2, 0.25) is 0 Å². The fourth-order valence-electron chi connectivity index (χ4n) is 1.96. The summed E-state index contributed by atoms with van der Waals surface area (Å²) in [5.41, 5.74) is 6.66. The summed E-state index contributed by atoms with van der Waals surface area (Å²) in [6.45, 7) is 0.770. The standard InChI is InChI=1S/C11H14FN/c12-11-3-1-2-9(6-11)10-4-8(5-10)7-13/h1-3,6,8,10H,4-5,7,13H2. The molecule has 1 aromatic carbocycles. The van der Waals surface area contributed by atoms with Crippen LogP contribution in [0, 0.1) is 11.7 Å². The summed E-state index contributed by atoms with van der Waals surface area (Å²) in [6.07, 6.45) is 2.25. The lowest BCUT2D eigenvalue weighted by atomic mass is 9.71. The first-order chi connectivity index (χ1) is 6.29. The Kier molecular flexibility index (Phi) is 2.32. The molecule has 1 aromatic rings. The first-order valence-corrected chi connectivity index (χ1v) is 4.75. The van der Waals surface area contributed by atoms with E-state index in [0.29, 0.717) is 11.8 Å². The number of rotatable bonds is 2. The van der Waals surface area contributed by atoms with Gasteiger partial charge in [0.15, 0.2) is 0 Å². The van der Waals surface area contributed by atoms with Gasteiger partial charge in [0.05, 0.1) is 0 Å². The second kappa shape index (κ2) is 3.46. The molecule has 0 atom stereocenters. The van der Waals surface area contributed by atoms with Crippen LogP contribution in [-0.2, 0) is 0 Å². The smallest absolute Gasteiger partial charge is 0.123 e. The van der Waals surface area contributed by atoms with Gasteiger partial charge in [0.25, 0.3) is 0 Å². The maximum atomic E-state index is 12.8. The third-order valence-corrected chi connectivity index (χ3v) is 2.89. The van der Waals surface area contributed by atoms with Crippen molar-refractivity contribution in [2.24, 2.45) is 11.7 Å². The van der Waals surface area contributed by atoms with Gasteiger partial charge in [-0.2, -0.15) is 0 Å². The predicted octanol–water partition coefficient (Wildman–Crippen LogP) is 2.28. The summed E-state index contributed by atoms with van der Waals surface area (Å²) in [7, 11) is 0. The lowest BCUT2D eigenvalue weighted by Gasteiger charge is -2.34. The van der Waals surface area contributed by atoms with Gasteiger partial charge in [-0.15, -0.1) is 0 Å². The highest BCUT2D eigenvalue weighted by molar-refractivity contribution is 5.23. The number of benzene rings is 1. The molecule has 1 aliphatic carbocycles. The molecule has 0 saturated heterocycles. The lowest BCUT2D eigenvalue weighted by molar-refractivity contribution is 0.271. The Morgan fingerprint density at radius 2 is 2.15 bits per heavy atom. The van der Waals surface area contributed by atoms with Crippen LogP contribution < -0.4 is 5.73 Å². The highest BCUT2D eigenvalue weighted by Crippen LogP contribution is 2.40. The topological polar surface area (TPSA) is 26.0 Å². The predicted molar refractivity (Wildman–Crippen MR) is 50.9 cm³/mol. The van der Waals surface area contributed by atoms with Crippen LogP contribution >= 0.6 is 0 Å². The van der Waals surface area contributed by atoms with Crippen LogP contribution in [-0.4, -0.2) is 6.54 Å². The molecule has 1 fully saturated rings. The highest BCUT2D eigenvalue weighted by atomic mass is 19.1. The number of nitrogens with two attached hydrogens (primary N) is 1. The van der Waals surface area contributed by atoms with Gasteiger partial charge in [-0.25, -0.2) is 4.39 Å². The normalized spacial score (nSPS) is 26.9. The van der Waals surface area contributed by atoms with Crippen LogP contribution in [0.4, 0.5) is 4.39 Å². The van der Waals surface area contributed by atoms with Crippen LogP contribution in [0.25, 0.3) is 0 Å². The van der Waals surface area contributed by atoms with Gasteiger partial charge in [-0.3, -0.25) is 0 Å². The van der Waals surface area contributed by atoms with E-state index in [1.54, 1.807) is 12.1 Å². The first kappa shape index (κ1) is 8.70. The Morgan fingerprint density at radius 1 is 1.38 bits per heavy atom. The SMILES string of the molecule is NCC1CC(c2cccc(F)c2)C1. The van der Waals surface area contributed by atoms with Crippen molar-refractivity contribution in [1.29, 1.82) is 0 Å². The molecular weight excluding hydrogens is 165 g/mol. The van der Waals surface area contributed by atoms with Crippen LogP contribution in [0.15, 0.2) is 24.3 Å². The Labute approximate surface area is 77.8 Å². The Hall–Kier alpha value is -0.890. The summed E-state index contributed by atoms with van der Waals surface area (Å²) in [5, 5.41) is 0. The third-order valence-electron chi connectivity index (χ3n) is 2.89. The molecule has 2 rings (SSSR count). The Bertz CT molecular complexity index is 292. The maximum Gasteiger partial charge on any atom is 0.123 e. The first-order valence-electron chi connectivity index (χ1n) is 4.75. The van der Waals surface area contributed by atoms with Gasteiger partial charge in [0.1, 0.15) is 5.82 Å². The van der Waals surface area contributed by atoms with Gasteiger partial charge >= 0.3 is 0 Å². The van der Waals surface area contributed by atoms with E-state index in [9.17, 15) is 4.39 Å². The molecule has 2 N–H and O–H groups in total. The van der Waals surface area contributed by atoms with Crippen molar-refractivity contribution in [1.82, 2.24) is 0 Å². The van der Waals surface area contributed by atoms with Crippen LogP contribution in [0.2, 0.25) is 0 Å². The van der Waals surface area contributed by atoms with Gasteiger partial charge in [-0.1, -0.05) is 12.1 Å². The minimum absolute atomic E-state index is 0.131. The van der Waals surface area contributed by atoms with E-state index in [2.05, 4.69) is 0 Å². The summed E-state index contributed by atoms with van der Waals surface area (Å²) in [5.74, 6) is 1.08. The van der Waals surface area contributed by atoms with Crippen molar-refractivity contribution >= 4 is 0 Å². The third kappa shape index (κ3) is 1.73. The molecule has 2 heteroatoms. The molecule has 1 aliphatic rings. The number of halogens is 1. The van der Waals surface area contributed by atoms with Crippen molar-refractivity contribution in [3.63, 3.8) is 0 Å². The minimum Gasteiger partial charge on any atom is -0.330 e. The summed E-state index contributed by atoms with van der Waals surface area (Å²) < 4.78 is 12.8. The summed E-state index contributed by atoms with van der Waals surface area (Å²) >= 11 is 0. The van der Waals surface area contributed by atoms with E-state index in [1.807, 2.05) is 6.07 Å². The zero-order chi connectivity index (χ0) is 9.26. The zero-order valence-electron chi connectivity index (χ0n) is 7.54. The van der Waals surface area contributed by atoms with E-state index in [1.165, 1.54) is 6.07 Å². The van der Waals surface area contributed by atoms with Crippen molar-refractivity contribution in [3.05, 3.63) is 35.6 Å². The molecule has 0 spiro atoms. The largest absolute Gasteiger partial charge is 0.330 e. The fourth-order valence-corrected chi connectivity index (χ4v) is 1.96. The maximum absolute atomic E-state index is 12.8. The second-order valence-electron chi connectivity index (χ2n) is 3.83. The molecule has 0 aromatic heterocycles. The summed E-state index contributed by atoms with van der Waals surface area (Å²) in [6, 6.07) is 6.90. The van der Waals surface area contributed by atoms with Crippen molar-refractivity contribution in [2.75, 3.05) is 6.54 Å². The number of hydrogen-bond donors (Lipinski definition) is 1. The van der Waals surface area contributed by atoms with E-state index >= 15 is 0 Å². The Balaban J connectivity index is 2.03. The van der Waals surface area contributed by atoms with Crippen molar-refractivity contribution in [2.45, 2.75) is 18.8 Å². The summed E-state index contributed by atoms with van der Waals surface area (Å²) in [4.78, 5) is 0. The second-order valence-corrected chi connectivity index (χ2v) is 3.83. The highest BCUT2D eigenvalue weighted by Gasteiger charge is 2.28. The van der Waals surface area contributed by atoms with Gasteiger partial charge in [0, 0.05) is 0 Å². The average Bonchev–Trinajstić information content (AvgIpc) is 2.02. The molecule has 0 radical (unpaired) electrons. The van der Waals surface area contributed by atoms with Crippen LogP contribution in [0.5, 0.6) is 0 Å². The molecule has 1 saturated carbocycles. The quantitative estimate of drug-likeness (QED) is 0.740. The van der Waals surface area contributed by atoms with E-state index in [4.69, 9.17) is 5.73 Å². The van der Waals surface area contributed by atoms with Crippen LogP contribution in [0.1, 0.15) is 24.3 Å². The van der Waals surface area contributed by atoms with Crippen LogP contribution in [0.3, 0.4) is 0 Å². The molecule has 1 nitrogen and oxygen atoms in total. The molecule has 13 heavy (non-hydrogen) atoms. The van der Waals surface area contributed by atoms with E-state index < -0.39 is 0 Å². The average molecular weight is 179 g/mol. The van der Waals surface area contributed by atoms with Gasteiger partial charge in [-0.05, 0) is 48.9 Å². The monoisotopic (exact) mass is 179 g/mol. The lowest BCUT2D eigenvalue weighted by Crippen LogP contribution is -2.28. The molecular formula is C11H14FN. The molecule has 0 aliphatic heterocycles. The zero-order valence-corrected chi connectivity index (χ0v) is 7.54.